The van der Waals surface area contributed by atoms with Crippen LogP contribution < -0.4 is 10.6 Å². The maximum Gasteiger partial charge on any atom is 0.325 e. The van der Waals surface area contributed by atoms with Crippen LogP contribution in [-0.2, 0) is 19.2 Å². The second kappa shape index (κ2) is 8.79. The number of hydrogen-bond donors (Lipinski definition) is 3. The number of amides is 5. The van der Waals surface area contributed by atoms with Crippen LogP contribution in [0.1, 0.15) is 18.5 Å². The number of hydrogen-bond acceptors (Lipinski definition) is 5. The number of nitrogens with zero attached hydrogens (tertiary/aromatic N) is 2. The molecule has 1 unspecified atom stereocenters. The number of nitrogens with one attached hydrogen (secondary N) is 2. The van der Waals surface area contributed by atoms with Crippen molar-refractivity contribution in [2.24, 2.45) is 0 Å². The molecule has 3 N–H and O–H groups in total. The standard InChI is InChI=1S/C17H20N4O6/c1-2-20-8-9-21(16(26)15(20)25)17(27)19-13(11-6-4-3-5-7-11)14(24)18-10-12(22)23/h3-7,13H,2,8-10H2,1H3,(H,18,24)(H,19,27)(H,22,23). The van der Waals surface area contributed by atoms with Crippen LogP contribution in [0.15, 0.2) is 30.3 Å². The Labute approximate surface area is 155 Å². The summed E-state index contributed by atoms with van der Waals surface area (Å²) in [5, 5.41) is 13.3. The topological polar surface area (TPSA) is 136 Å². The van der Waals surface area contributed by atoms with Gasteiger partial charge in [-0.05, 0) is 12.5 Å². The third kappa shape index (κ3) is 4.81. The minimum Gasteiger partial charge on any atom is -0.480 e. The third-order valence-corrected chi connectivity index (χ3v) is 4.01. The van der Waals surface area contributed by atoms with Crippen LogP contribution in [0, 0.1) is 0 Å². The highest BCUT2D eigenvalue weighted by atomic mass is 16.4. The Kier molecular flexibility index (Phi) is 6.47. The van der Waals surface area contributed by atoms with E-state index in [9.17, 15) is 24.0 Å². The first-order chi connectivity index (χ1) is 12.8. The Balaban J connectivity index is 2.16. The maximum absolute atomic E-state index is 12.5. The Bertz CT molecular complexity index is 751. The van der Waals surface area contributed by atoms with E-state index in [4.69, 9.17) is 5.11 Å². The van der Waals surface area contributed by atoms with E-state index >= 15 is 0 Å². The molecule has 1 saturated heterocycles. The van der Waals surface area contributed by atoms with Gasteiger partial charge < -0.3 is 20.6 Å². The minimum absolute atomic E-state index is 0.00248. The van der Waals surface area contributed by atoms with Gasteiger partial charge in [0.1, 0.15) is 12.6 Å². The number of likely N-dealkylation sites (N-methyl/N-ethyl adjacent to an activating group) is 1. The molecule has 0 aromatic heterocycles. The predicted molar refractivity (Wildman–Crippen MR) is 92.3 cm³/mol. The summed E-state index contributed by atoms with van der Waals surface area (Å²) in [5.41, 5.74) is 0.403. The van der Waals surface area contributed by atoms with Crippen molar-refractivity contribution in [3.05, 3.63) is 35.9 Å². The number of benzene rings is 1. The zero-order valence-corrected chi connectivity index (χ0v) is 14.7. The molecule has 0 spiro atoms. The summed E-state index contributed by atoms with van der Waals surface area (Å²) in [4.78, 5) is 61.7. The van der Waals surface area contributed by atoms with E-state index in [0.29, 0.717) is 12.1 Å². The zero-order chi connectivity index (χ0) is 20.0. The number of piperazine rings is 1. The van der Waals surface area contributed by atoms with Crippen molar-refractivity contribution in [1.29, 1.82) is 0 Å². The van der Waals surface area contributed by atoms with Crippen molar-refractivity contribution in [3.63, 3.8) is 0 Å². The SMILES string of the molecule is CCN1CCN(C(=O)NC(C(=O)NCC(=O)O)c2ccccc2)C(=O)C1=O. The Morgan fingerprint density at radius 2 is 1.78 bits per heavy atom. The molecular formula is C17H20N4O6. The van der Waals surface area contributed by atoms with Crippen molar-refractivity contribution in [2.45, 2.75) is 13.0 Å². The summed E-state index contributed by atoms with van der Waals surface area (Å²) in [6.45, 7) is 1.66. The van der Waals surface area contributed by atoms with Gasteiger partial charge in [-0.25, -0.2) is 4.79 Å². The van der Waals surface area contributed by atoms with Gasteiger partial charge in [-0.1, -0.05) is 30.3 Å². The van der Waals surface area contributed by atoms with Crippen molar-refractivity contribution >= 4 is 29.7 Å². The number of imide groups is 1. The van der Waals surface area contributed by atoms with Crippen LogP contribution >= 0.6 is 0 Å². The summed E-state index contributed by atoms with van der Waals surface area (Å²) in [7, 11) is 0. The molecule has 2 rings (SSSR count). The molecule has 1 fully saturated rings. The van der Waals surface area contributed by atoms with Crippen LogP contribution in [-0.4, -0.2) is 70.8 Å². The molecule has 0 saturated carbocycles. The van der Waals surface area contributed by atoms with E-state index < -0.39 is 42.3 Å². The Morgan fingerprint density at radius 3 is 2.37 bits per heavy atom. The first kappa shape index (κ1) is 19.9. The first-order valence-electron chi connectivity index (χ1n) is 8.30. The Morgan fingerprint density at radius 1 is 1.11 bits per heavy atom. The minimum atomic E-state index is -1.24. The highest BCUT2D eigenvalue weighted by Crippen LogP contribution is 2.14. The lowest BCUT2D eigenvalue weighted by Crippen LogP contribution is -2.59. The molecule has 5 amide bonds. The molecule has 144 valence electrons. The molecule has 10 heteroatoms. The van der Waals surface area contributed by atoms with Gasteiger partial charge in [-0.15, -0.1) is 0 Å². The van der Waals surface area contributed by atoms with Gasteiger partial charge in [0, 0.05) is 19.6 Å². The van der Waals surface area contributed by atoms with E-state index in [0.717, 1.165) is 4.90 Å². The van der Waals surface area contributed by atoms with Crippen LogP contribution in [0.5, 0.6) is 0 Å². The first-order valence-corrected chi connectivity index (χ1v) is 8.30. The zero-order valence-electron chi connectivity index (χ0n) is 14.7. The third-order valence-electron chi connectivity index (χ3n) is 4.01. The quantitative estimate of drug-likeness (QED) is 0.563. The van der Waals surface area contributed by atoms with Gasteiger partial charge in [0.25, 0.3) is 0 Å². The summed E-state index contributed by atoms with van der Waals surface area (Å²) < 4.78 is 0. The van der Waals surface area contributed by atoms with Gasteiger partial charge in [0.05, 0.1) is 0 Å². The van der Waals surface area contributed by atoms with Crippen molar-refractivity contribution < 1.29 is 29.1 Å². The molecule has 10 nitrogen and oxygen atoms in total. The number of aliphatic carboxylic acids is 1. The molecule has 1 aliphatic heterocycles. The second-order valence-corrected chi connectivity index (χ2v) is 5.75. The highest BCUT2D eigenvalue weighted by molar-refractivity contribution is 6.38. The number of carboxylic acid groups (broad SMARTS) is 1. The molecule has 0 radical (unpaired) electrons. The van der Waals surface area contributed by atoms with Gasteiger partial charge in [0.2, 0.25) is 5.91 Å². The van der Waals surface area contributed by atoms with Crippen LogP contribution in [0.3, 0.4) is 0 Å². The summed E-state index contributed by atoms with van der Waals surface area (Å²) >= 11 is 0. The second-order valence-electron chi connectivity index (χ2n) is 5.75. The fourth-order valence-corrected chi connectivity index (χ4v) is 2.58. The van der Waals surface area contributed by atoms with E-state index in [1.165, 1.54) is 4.90 Å². The summed E-state index contributed by atoms with van der Waals surface area (Å²) in [6.07, 6.45) is 0. The van der Waals surface area contributed by atoms with Gasteiger partial charge >= 0.3 is 23.8 Å². The van der Waals surface area contributed by atoms with Crippen molar-refractivity contribution in [3.8, 4) is 0 Å². The number of carbonyl (C=O) groups is 5. The molecule has 1 heterocycles. The molecule has 1 aliphatic rings. The number of carboxylic acids is 1. The van der Waals surface area contributed by atoms with Crippen LogP contribution in [0.2, 0.25) is 0 Å². The molecule has 0 aliphatic carbocycles. The Hall–Kier alpha value is -3.43. The van der Waals surface area contributed by atoms with Crippen molar-refractivity contribution in [1.82, 2.24) is 20.4 Å². The lowest BCUT2D eigenvalue weighted by molar-refractivity contribution is -0.153. The largest absolute Gasteiger partial charge is 0.480 e. The highest BCUT2D eigenvalue weighted by Gasteiger charge is 2.37. The molecule has 1 aromatic carbocycles. The summed E-state index contributed by atoms with van der Waals surface area (Å²) in [5.74, 6) is -3.75. The van der Waals surface area contributed by atoms with E-state index in [1.807, 2.05) is 0 Å². The maximum atomic E-state index is 12.5. The average molecular weight is 376 g/mol. The smallest absolute Gasteiger partial charge is 0.325 e. The van der Waals surface area contributed by atoms with Crippen molar-refractivity contribution in [2.75, 3.05) is 26.2 Å². The van der Waals surface area contributed by atoms with Crippen LogP contribution in [0.25, 0.3) is 0 Å². The molecular weight excluding hydrogens is 356 g/mol. The predicted octanol–water partition coefficient (Wildman–Crippen LogP) is -0.671. The lowest BCUT2D eigenvalue weighted by atomic mass is 10.1. The number of urea groups is 1. The van der Waals surface area contributed by atoms with Gasteiger partial charge in [-0.3, -0.25) is 24.1 Å². The molecule has 27 heavy (non-hydrogen) atoms. The number of carbonyl (C=O) groups excluding carboxylic acids is 4. The molecule has 0 bridgehead atoms. The van der Waals surface area contributed by atoms with Gasteiger partial charge in [-0.2, -0.15) is 0 Å². The lowest BCUT2D eigenvalue weighted by Gasteiger charge is -2.32. The van der Waals surface area contributed by atoms with E-state index in [1.54, 1.807) is 37.3 Å². The fraction of sp³-hybridized carbons (Fsp3) is 0.353. The van der Waals surface area contributed by atoms with Crippen LogP contribution in [0.4, 0.5) is 4.79 Å². The van der Waals surface area contributed by atoms with E-state index in [-0.39, 0.29) is 13.1 Å². The van der Waals surface area contributed by atoms with Gasteiger partial charge in [0.15, 0.2) is 0 Å². The fourth-order valence-electron chi connectivity index (χ4n) is 2.58. The monoisotopic (exact) mass is 376 g/mol. The molecule has 1 aromatic rings. The molecule has 1 atom stereocenters. The average Bonchev–Trinajstić information content (AvgIpc) is 2.66. The van der Waals surface area contributed by atoms with E-state index in [2.05, 4.69) is 10.6 Å². The normalized spacial score (nSPS) is 15.3. The summed E-state index contributed by atoms with van der Waals surface area (Å²) in [6, 6.07) is 6.04. The number of rotatable bonds is 6.